The number of rotatable bonds is 4. The zero-order chi connectivity index (χ0) is 28.3. The molecule has 0 spiro atoms. The minimum absolute atomic E-state index is 0. The van der Waals surface area contributed by atoms with Crippen LogP contribution in [0.15, 0.2) is 0 Å². The van der Waals surface area contributed by atoms with E-state index in [1.54, 1.807) is 13.8 Å². The van der Waals surface area contributed by atoms with Crippen molar-refractivity contribution >= 4 is 24.3 Å². The van der Waals surface area contributed by atoms with Gasteiger partial charge in [0.05, 0.1) is 20.1 Å². The summed E-state index contributed by atoms with van der Waals surface area (Å²) in [5, 5.41) is 0. The van der Waals surface area contributed by atoms with E-state index in [4.69, 9.17) is 9.47 Å². The van der Waals surface area contributed by atoms with Gasteiger partial charge in [-0.2, -0.15) is 0 Å². The van der Waals surface area contributed by atoms with Crippen LogP contribution in [0.5, 0.6) is 0 Å². The third-order valence-electron chi connectivity index (χ3n) is 13.7. The Hall–Kier alpha value is -0.850. The van der Waals surface area contributed by atoms with Crippen LogP contribution >= 0.6 is 12.4 Å². The van der Waals surface area contributed by atoms with Gasteiger partial charge in [-0.3, -0.25) is 14.5 Å². The highest BCUT2D eigenvalue weighted by Crippen LogP contribution is 2.67. The Balaban J connectivity index is 0.00000337. The predicted octanol–water partition coefficient (Wildman–Crippen LogP) is 6.39. The number of halogens is 1. The van der Waals surface area contributed by atoms with Gasteiger partial charge in [0.15, 0.2) is 6.10 Å². The second-order valence-corrected chi connectivity index (χ2v) is 15.8. The van der Waals surface area contributed by atoms with Crippen molar-refractivity contribution in [2.75, 3.05) is 33.2 Å². The van der Waals surface area contributed by atoms with Gasteiger partial charge in [-0.05, 0) is 113 Å². The molecule has 10 atom stereocenters. The van der Waals surface area contributed by atoms with E-state index in [1.165, 1.54) is 90.1 Å². The molecule has 0 amide bonds. The second-order valence-electron chi connectivity index (χ2n) is 15.8. The highest BCUT2D eigenvalue weighted by molar-refractivity contribution is 5.85. The maximum Gasteiger partial charge on any atom is 0.303 e. The SMILES string of the molecule is CC(=O)O[C@H]1CC2CCC3C(CC[C@@]4(C)C3C[C@H]([N+]3(C)CCCCC3)[C@@H]4OC(C)=O)[C@@]2(C)C[C@@H]1N1CCCCC1.Cl. The Morgan fingerprint density at radius 3 is 2.12 bits per heavy atom. The third kappa shape index (κ3) is 5.50. The van der Waals surface area contributed by atoms with Crippen LogP contribution in [0.1, 0.15) is 111 Å². The summed E-state index contributed by atoms with van der Waals surface area (Å²) in [6.07, 6.45) is 16.3. The monoisotopic (exact) mass is 593 g/mol. The molecule has 6 rings (SSSR count). The lowest BCUT2D eigenvalue weighted by Gasteiger charge is -2.62. The van der Waals surface area contributed by atoms with Crippen molar-refractivity contribution in [1.82, 2.24) is 4.90 Å². The van der Waals surface area contributed by atoms with Crippen LogP contribution in [-0.2, 0) is 19.1 Å². The van der Waals surface area contributed by atoms with Gasteiger partial charge in [0.1, 0.15) is 12.1 Å². The van der Waals surface area contributed by atoms with Gasteiger partial charge >= 0.3 is 11.9 Å². The van der Waals surface area contributed by atoms with E-state index < -0.39 is 0 Å². The van der Waals surface area contributed by atoms with Gasteiger partial charge in [-0.1, -0.05) is 20.3 Å². The second kappa shape index (κ2) is 11.9. The number of esters is 2. The molecule has 2 aliphatic heterocycles. The van der Waals surface area contributed by atoms with Gasteiger partial charge in [0, 0.05) is 31.7 Å². The summed E-state index contributed by atoms with van der Waals surface area (Å²) < 4.78 is 13.5. The summed E-state index contributed by atoms with van der Waals surface area (Å²) in [5.41, 5.74) is 0.377. The normalized spacial score (nSPS) is 45.8. The van der Waals surface area contributed by atoms with Gasteiger partial charge in [-0.25, -0.2) is 0 Å². The zero-order valence-electron chi connectivity index (χ0n) is 26.6. The number of carbonyl (C=O) groups is 2. The van der Waals surface area contributed by atoms with Crippen molar-refractivity contribution in [2.45, 2.75) is 135 Å². The van der Waals surface area contributed by atoms with E-state index in [0.717, 1.165) is 29.9 Å². The number of likely N-dealkylation sites (tertiary alicyclic amines) is 2. The van der Waals surface area contributed by atoms with E-state index in [1.807, 2.05) is 0 Å². The van der Waals surface area contributed by atoms with Crippen molar-refractivity contribution in [3.63, 3.8) is 0 Å². The number of likely N-dealkylation sites (N-methyl/N-ethyl adjacent to an activating group) is 1. The summed E-state index contributed by atoms with van der Waals surface area (Å²) in [5.74, 6) is 2.50. The minimum atomic E-state index is -0.111. The summed E-state index contributed by atoms with van der Waals surface area (Å²) in [6, 6.07) is 0.796. The molecule has 0 aromatic rings. The van der Waals surface area contributed by atoms with Gasteiger partial charge in [0.2, 0.25) is 0 Å². The van der Waals surface area contributed by atoms with Gasteiger partial charge < -0.3 is 14.0 Å². The van der Waals surface area contributed by atoms with Gasteiger partial charge in [0.25, 0.3) is 0 Å². The maximum atomic E-state index is 12.5. The Kier molecular flexibility index (Phi) is 9.18. The number of quaternary nitrogens is 1. The molecule has 7 heteroatoms. The van der Waals surface area contributed by atoms with Crippen LogP contribution in [-0.4, -0.2) is 78.8 Å². The molecule has 4 saturated carbocycles. The average Bonchev–Trinajstić information content (AvgIpc) is 3.21. The molecular weight excluding hydrogens is 536 g/mol. The minimum Gasteiger partial charge on any atom is -0.461 e. The van der Waals surface area contributed by atoms with Crippen molar-refractivity contribution in [3.8, 4) is 0 Å². The molecule has 0 aromatic carbocycles. The molecule has 234 valence electrons. The molecule has 4 aliphatic carbocycles. The molecule has 0 aromatic heterocycles. The third-order valence-corrected chi connectivity index (χ3v) is 13.7. The van der Waals surface area contributed by atoms with Crippen LogP contribution < -0.4 is 0 Å². The number of hydrogen-bond acceptors (Lipinski definition) is 5. The molecule has 2 saturated heterocycles. The Morgan fingerprint density at radius 1 is 0.805 bits per heavy atom. The molecule has 6 aliphatic rings. The maximum absolute atomic E-state index is 12.5. The van der Waals surface area contributed by atoms with Crippen LogP contribution in [0.25, 0.3) is 0 Å². The topological polar surface area (TPSA) is 55.8 Å². The molecule has 2 heterocycles. The zero-order valence-corrected chi connectivity index (χ0v) is 27.4. The highest BCUT2D eigenvalue weighted by atomic mass is 35.5. The molecule has 6 fully saturated rings. The highest BCUT2D eigenvalue weighted by Gasteiger charge is 2.67. The average molecular weight is 594 g/mol. The van der Waals surface area contributed by atoms with E-state index in [-0.39, 0.29) is 42.0 Å². The Morgan fingerprint density at radius 2 is 1.46 bits per heavy atom. The van der Waals surface area contributed by atoms with Crippen molar-refractivity contribution in [1.29, 1.82) is 0 Å². The number of ether oxygens (including phenoxy) is 2. The number of carbonyl (C=O) groups excluding carboxylic acids is 2. The van der Waals surface area contributed by atoms with Crippen molar-refractivity contribution < 1.29 is 23.5 Å². The fourth-order valence-corrected chi connectivity index (χ4v) is 11.7. The van der Waals surface area contributed by atoms with Crippen LogP contribution in [0.4, 0.5) is 0 Å². The number of nitrogens with zero attached hydrogens (tertiary/aromatic N) is 2. The lowest BCUT2D eigenvalue weighted by atomic mass is 9.44. The smallest absolute Gasteiger partial charge is 0.303 e. The van der Waals surface area contributed by atoms with Crippen LogP contribution in [0, 0.1) is 34.5 Å². The first-order valence-electron chi connectivity index (χ1n) is 17.0. The fourth-order valence-electron chi connectivity index (χ4n) is 11.7. The van der Waals surface area contributed by atoms with E-state index in [2.05, 4.69) is 25.8 Å². The van der Waals surface area contributed by atoms with E-state index in [0.29, 0.717) is 35.3 Å². The molecule has 6 nitrogen and oxygen atoms in total. The first-order valence-corrected chi connectivity index (χ1v) is 17.0. The van der Waals surface area contributed by atoms with Crippen molar-refractivity contribution in [3.05, 3.63) is 0 Å². The number of fused-ring (bicyclic) bond motifs is 5. The standard InChI is InChI=1S/C34H57N2O4.ClH/c1-23(37)39-31-20-25-12-13-26-27(34(25,4)22-29(31)35-16-8-6-9-17-35)14-15-33(3)28(26)21-30(32(33)40-24(2)38)36(5)18-10-7-11-19-36;/h25-32H,6-22H2,1-5H3;1H/q+1;/t25?,26?,27?,28?,29-,30-,31-,32-,33-,34-;/m0./s1. The number of piperidine rings is 2. The van der Waals surface area contributed by atoms with Crippen LogP contribution in [0.2, 0.25) is 0 Å². The lowest BCUT2D eigenvalue weighted by Crippen LogP contribution is -2.61. The fraction of sp³-hybridized carbons (Fsp3) is 0.941. The molecule has 0 bridgehead atoms. The molecular formula is C34H58ClN2O4+. The summed E-state index contributed by atoms with van der Waals surface area (Å²) in [4.78, 5) is 27.4. The van der Waals surface area contributed by atoms with Gasteiger partial charge in [-0.15, -0.1) is 12.4 Å². The summed E-state index contributed by atoms with van der Waals surface area (Å²) in [6.45, 7) is 13.1. The van der Waals surface area contributed by atoms with Crippen LogP contribution in [0.3, 0.4) is 0 Å². The molecule has 0 N–H and O–H groups in total. The molecule has 41 heavy (non-hydrogen) atoms. The van der Waals surface area contributed by atoms with E-state index in [9.17, 15) is 9.59 Å². The predicted molar refractivity (Wildman–Crippen MR) is 164 cm³/mol. The number of hydrogen-bond donors (Lipinski definition) is 0. The first kappa shape index (κ1) is 31.6. The molecule has 4 unspecified atom stereocenters. The largest absolute Gasteiger partial charge is 0.461 e. The Labute approximate surface area is 255 Å². The van der Waals surface area contributed by atoms with E-state index >= 15 is 0 Å². The Bertz CT molecular complexity index is 964. The first-order chi connectivity index (χ1) is 19.0. The quantitative estimate of drug-likeness (QED) is 0.279. The molecule has 0 radical (unpaired) electrons. The summed E-state index contributed by atoms with van der Waals surface area (Å²) >= 11 is 0. The summed E-state index contributed by atoms with van der Waals surface area (Å²) in [7, 11) is 2.47. The lowest BCUT2D eigenvalue weighted by molar-refractivity contribution is -0.940. The van der Waals surface area contributed by atoms with Crippen molar-refractivity contribution in [2.24, 2.45) is 34.5 Å².